The fraction of sp³-hybridized carbons (Fsp3) is 0.286. The van der Waals surface area contributed by atoms with Crippen molar-refractivity contribution in [1.29, 1.82) is 5.26 Å². The van der Waals surface area contributed by atoms with Crippen LogP contribution >= 0.6 is 0 Å². The first-order valence-electron chi connectivity index (χ1n) is 9.31. The van der Waals surface area contributed by atoms with Gasteiger partial charge in [-0.3, -0.25) is 14.5 Å². The number of nitrogens with one attached hydrogen (secondary N) is 1. The number of ether oxygens (including phenoxy) is 1. The number of carbonyl (C=O) groups excluding carboxylic acids is 1. The summed E-state index contributed by atoms with van der Waals surface area (Å²) >= 11 is 0. The summed E-state index contributed by atoms with van der Waals surface area (Å²) < 4.78 is 31.7. The molecule has 2 aromatic carbocycles. The number of esters is 1. The number of fused-ring (bicyclic) bond motifs is 1. The van der Waals surface area contributed by atoms with Crippen molar-refractivity contribution < 1.29 is 17.9 Å². The normalized spacial score (nSPS) is 15.3. The largest absolute Gasteiger partial charge is 0.461 e. The van der Waals surface area contributed by atoms with Crippen LogP contribution in [0.5, 0.6) is 0 Å². The van der Waals surface area contributed by atoms with Gasteiger partial charge in [-0.15, -0.1) is 0 Å². The van der Waals surface area contributed by atoms with Gasteiger partial charge in [-0.2, -0.15) is 5.26 Å². The summed E-state index contributed by atoms with van der Waals surface area (Å²) in [5, 5.41) is 8.87. The van der Waals surface area contributed by atoms with Crippen LogP contribution in [0.3, 0.4) is 0 Å². The van der Waals surface area contributed by atoms with Gasteiger partial charge in [0.25, 0.3) is 10.0 Å². The summed E-state index contributed by atoms with van der Waals surface area (Å²) in [6.45, 7) is 0.629. The van der Waals surface area contributed by atoms with Crippen molar-refractivity contribution >= 4 is 21.8 Å². The molecule has 1 aliphatic heterocycles. The highest BCUT2D eigenvalue weighted by atomic mass is 32.2. The van der Waals surface area contributed by atoms with Crippen molar-refractivity contribution in [2.75, 3.05) is 6.54 Å². The number of unbranched alkanes of at least 4 members (excludes halogenated alkanes) is 2. The molecule has 0 radical (unpaired) electrons. The molecule has 7 nitrogen and oxygen atoms in total. The number of sulfonamides is 1. The number of benzene rings is 2. The molecule has 0 unspecified atom stereocenters. The van der Waals surface area contributed by atoms with Crippen LogP contribution in [0.2, 0.25) is 0 Å². The highest BCUT2D eigenvalue weighted by Crippen LogP contribution is 2.22. The van der Waals surface area contributed by atoms with Crippen LogP contribution in [0.1, 0.15) is 42.4 Å². The maximum absolute atomic E-state index is 12.0. The Morgan fingerprint density at radius 1 is 1.10 bits per heavy atom. The fourth-order valence-electron chi connectivity index (χ4n) is 2.97. The predicted molar refractivity (Wildman–Crippen MR) is 108 cm³/mol. The third-order valence-corrected chi connectivity index (χ3v) is 5.82. The second kappa shape index (κ2) is 9.34. The number of nitriles is 1. The SMILES string of the molecule is N#Cc1cccc(COC(=O)CCCCCN=C2NS(=O)(=O)c3ccccc32)c1. The van der Waals surface area contributed by atoms with E-state index in [4.69, 9.17) is 10.00 Å². The van der Waals surface area contributed by atoms with E-state index in [0.717, 1.165) is 18.4 Å². The van der Waals surface area contributed by atoms with Gasteiger partial charge in [0.2, 0.25) is 0 Å². The topological polar surface area (TPSA) is 109 Å². The quantitative estimate of drug-likeness (QED) is 0.531. The molecule has 1 N–H and O–H groups in total. The van der Waals surface area contributed by atoms with Crippen LogP contribution < -0.4 is 4.72 Å². The molecule has 0 spiro atoms. The molecule has 150 valence electrons. The Morgan fingerprint density at radius 2 is 1.93 bits per heavy atom. The van der Waals surface area contributed by atoms with Gasteiger partial charge in [-0.25, -0.2) is 8.42 Å². The molecule has 8 heteroatoms. The van der Waals surface area contributed by atoms with E-state index in [0.29, 0.717) is 36.3 Å². The Kier molecular flexibility index (Phi) is 6.62. The molecule has 2 aromatic rings. The smallest absolute Gasteiger partial charge is 0.306 e. The van der Waals surface area contributed by atoms with Crippen molar-refractivity contribution in [2.45, 2.75) is 37.2 Å². The zero-order valence-corrected chi connectivity index (χ0v) is 16.6. The van der Waals surface area contributed by atoms with E-state index >= 15 is 0 Å². The lowest BCUT2D eigenvalue weighted by Gasteiger charge is -2.05. The zero-order valence-electron chi connectivity index (χ0n) is 15.8. The fourth-order valence-corrected chi connectivity index (χ4v) is 4.22. The van der Waals surface area contributed by atoms with Crippen molar-refractivity contribution in [3.05, 3.63) is 65.2 Å². The standard InChI is InChI=1S/C21H21N3O4S/c22-14-16-7-6-8-17(13-16)15-28-20(25)11-2-1-5-12-23-21-18-9-3-4-10-19(18)29(26,27)24-21/h3-4,6-10,13H,1-2,5,11-12,15H2,(H,23,24). The third-order valence-electron chi connectivity index (χ3n) is 4.43. The van der Waals surface area contributed by atoms with Gasteiger partial charge in [0.05, 0.1) is 16.5 Å². The lowest BCUT2D eigenvalue weighted by Crippen LogP contribution is -2.22. The average Bonchev–Trinajstić information content (AvgIpc) is 2.99. The van der Waals surface area contributed by atoms with E-state index in [9.17, 15) is 13.2 Å². The van der Waals surface area contributed by atoms with E-state index in [1.54, 1.807) is 42.5 Å². The molecule has 0 aliphatic carbocycles. The van der Waals surface area contributed by atoms with Gasteiger partial charge in [0.15, 0.2) is 0 Å². The van der Waals surface area contributed by atoms with E-state index in [1.165, 1.54) is 0 Å². The highest BCUT2D eigenvalue weighted by Gasteiger charge is 2.29. The van der Waals surface area contributed by atoms with Crippen LogP contribution in [0, 0.1) is 11.3 Å². The van der Waals surface area contributed by atoms with Gasteiger partial charge >= 0.3 is 5.97 Å². The average molecular weight is 411 g/mol. The number of hydrogen-bond donors (Lipinski definition) is 1. The Morgan fingerprint density at radius 3 is 2.76 bits per heavy atom. The Hall–Kier alpha value is -3.18. The molecule has 1 aliphatic rings. The van der Waals surface area contributed by atoms with Gasteiger partial charge in [-0.1, -0.05) is 30.7 Å². The molecule has 0 bridgehead atoms. The summed E-state index contributed by atoms with van der Waals surface area (Å²) in [6.07, 6.45) is 2.50. The van der Waals surface area contributed by atoms with Gasteiger partial charge in [0.1, 0.15) is 12.4 Å². The molecule has 3 rings (SSSR count). The van der Waals surface area contributed by atoms with E-state index < -0.39 is 10.0 Å². The molecule has 29 heavy (non-hydrogen) atoms. The molecule has 0 fully saturated rings. The number of aliphatic imine (C=N–C) groups is 1. The van der Waals surface area contributed by atoms with Crippen LogP contribution in [-0.4, -0.2) is 26.8 Å². The predicted octanol–water partition coefficient (Wildman–Crippen LogP) is 2.90. The minimum Gasteiger partial charge on any atom is -0.461 e. The van der Waals surface area contributed by atoms with Crippen molar-refractivity contribution in [2.24, 2.45) is 4.99 Å². The molecular weight excluding hydrogens is 390 g/mol. The van der Waals surface area contributed by atoms with E-state index in [2.05, 4.69) is 15.8 Å². The molecule has 0 saturated carbocycles. The van der Waals surface area contributed by atoms with Crippen LogP contribution in [0.15, 0.2) is 58.4 Å². The van der Waals surface area contributed by atoms with Crippen molar-refractivity contribution in [3.8, 4) is 6.07 Å². The number of amidine groups is 1. The van der Waals surface area contributed by atoms with Gasteiger partial charge in [-0.05, 0) is 42.7 Å². The molecule has 0 saturated heterocycles. The number of carbonyl (C=O) groups is 1. The molecule has 0 atom stereocenters. The Bertz CT molecular complexity index is 1070. The summed E-state index contributed by atoms with van der Waals surface area (Å²) in [7, 11) is -3.51. The highest BCUT2D eigenvalue weighted by molar-refractivity contribution is 7.90. The molecule has 0 aromatic heterocycles. The van der Waals surface area contributed by atoms with Crippen molar-refractivity contribution in [1.82, 2.24) is 4.72 Å². The number of nitrogens with zero attached hydrogens (tertiary/aromatic N) is 2. The van der Waals surface area contributed by atoms with Crippen LogP contribution in [0.4, 0.5) is 0 Å². The summed E-state index contributed by atoms with van der Waals surface area (Å²) in [4.78, 5) is 16.4. The lowest BCUT2D eigenvalue weighted by molar-refractivity contribution is -0.145. The summed E-state index contributed by atoms with van der Waals surface area (Å²) in [5.74, 6) is 0.0933. The second-order valence-electron chi connectivity index (χ2n) is 6.62. The molecular formula is C21H21N3O4S. The summed E-state index contributed by atoms with van der Waals surface area (Å²) in [5.41, 5.74) is 1.91. The Balaban J connectivity index is 1.37. The zero-order chi connectivity index (χ0) is 20.7. The lowest BCUT2D eigenvalue weighted by atomic mass is 10.1. The first-order valence-corrected chi connectivity index (χ1v) is 10.8. The monoisotopic (exact) mass is 411 g/mol. The minimum absolute atomic E-state index is 0.154. The van der Waals surface area contributed by atoms with E-state index in [-0.39, 0.29) is 17.5 Å². The van der Waals surface area contributed by atoms with Crippen molar-refractivity contribution in [3.63, 3.8) is 0 Å². The first kappa shape index (κ1) is 20.6. The first-order chi connectivity index (χ1) is 14.0. The molecule has 1 heterocycles. The van der Waals surface area contributed by atoms with Crippen LogP contribution in [0.25, 0.3) is 0 Å². The Labute approximate surface area is 170 Å². The maximum atomic E-state index is 12.0. The van der Waals surface area contributed by atoms with Gasteiger partial charge < -0.3 is 4.74 Å². The summed E-state index contributed by atoms with van der Waals surface area (Å²) in [6, 6.07) is 15.8. The maximum Gasteiger partial charge on any atom is 0.306 e. The molecule has 0 amide bonds. The second-order valence-corrected chi connectivity index (χ2v) is 8.27. The van der Waals surface area contributed by atoms with Crippen LogP contribution in [-0.2, 0) is 26.2 Å². The van der Waals surface area contributed by atoms with Gasteiger partial charge in [0, 0.05) is 18.5 Å². The number of rotatable bonds is 8. The number of hydrogen-bond acceptors (Lipinski definition) is 6. The third kappa shape index (κ3) is 5.42. The minimum atomic E-state index is -3.51. The van der Waals surface area contributed by atoms with E-state index in [1.807, 2.05) is 6.07 Å².